The van der Waals surface area contributed by atoms with E-state index in [4.69, 9.17) is 22.9 Å². The van der Waals surface area contributed by atoms with Crippen LogP contribution in [0.5, 0.6) is 0 Å². The normalized spacial score (nSPS) is 25.9. The van der Waals surface area contributed by atoms with Crippen LogP contribution < -0.4 is 60.2 Å². The number of hydrogen-bond acceptors (Lipinski definition) is 13. The minimum absolute atomic E-state index is 0.218. The van der Waals surface area contributed by atoms with Crippen LogP contribution in [-0.2, 0) is 43.2 Å². The maximum Gasteiger partial charge on any atom is 0.245 e. The molecular weight excluding hydrogens is 714 g/mol. The molecule has 304 valence electrons. The molecule has 0 aromatic carbocycles. The summed E-state index contributed by atoms with van der Waals surface area (Å²) in [5, 5.41) is 37.0. The Balaban J connectivity index is 3.72. The summed E-state index contributed by atoms with van der Waals surface area (Å²) in [5.41, 5.74) is 22.1. The summed E-state index contributed by atoms with van der Waals surface area (Å²) in [4.78, 5) is 116. The summed E-state index contributed by atoms with van der Waals surface area (Å²) in [6, 6.07) is -11.8. The van der Waals surface area contributed by atoms with E-state index in [0.29, 0.717) is 19.4 Å². The SMILES string of the molecule is C[C@H](NC(=O)[C@@H]1CC=CC[C@H](NC(=O)[C@@H](N)CCCCN)C(=O)N[C@@H](CC(N)=O)C(=O)N[C@@H]([C@@H](C)O)C(=O)N[C@@H](C)C(=O)N[C@@H]([C@@H](C)O)C(=O)N1)C(N)=O. The lowest BCUT2D eigenvalue weighted by molar-refractivity contribution is -0.138. The van der Waals surface area contributed by atoms with Crippen molar-refractivity contribution in [2.24, 2.45) is 22.9 Å². The highest BCUT2D eigenvalue weighted by Crippen LogP contribution is 2.07. The molecule has 0 aromatic heterocycles. The Morgan fingerprint density at radius 1 is 0.796 bits per heavy atom. The van der Waals surface area contributed by atoms with Crippen LogP contribution in [0.2, 0.25) is 0 Å². The standard InChI is InChI=1S/C32H55N11O11/c1-14(25(36)47)37-28(50)19-10-5-6-11-20(39-27(49)18(34)9-7-8-12-33)29(51)41-21(13-22(35)46)30(52)43-23(16(3)44)31(53)38-15(2)26(48)42-24(17(4)45)32(54)40-19/h5-6,14-21,23-24,44-45H,7-13,33-34H2,1-4H3,(H2,35,46)(H2,36,47)(H,37,50)(H,38,53)(H,39,49)(H,40,54)(H,41,51)(H,42,48)(H,43,52)/t14-,15-,16+,17+,18-,19-,20-,21-,23-,24-/m0/s1. The lowest BCUT2D eigenvalue weighted by Crippen LogP contribution is -2.62. The number of aliphatic hydroxyl groups excluding tert-OH is 2. The fourth-order valence-corrected chi connectivity index (χ4v) is 4.89. The molecule has 1 aliphatic heterocycles. The zero-order valence-electron chi connectivity index (χ0n) is 30.8. The van der Waals surface area contributed by atoms with Gasteiger partial charge >= 0.3 is 0 Å². The van der Waals surface area contributed by atoms with Crippen LogP contribution in [0.15, 0.2) is 12.2 Å². The number of carbonyl (C=O) groups is 9. The Morgan fingerprint density at radius 2 is 1.35 bits per heavy atom. The van der Waals surface area contributed by atoms with Crippen molar-refractivity contribution in [2.45, 2.75) is 127 Å². The number of unbranched alkanes of at least 4 members (excludes halogenated alkanes) is 1. The topological polar surface area (TPSA) is 382 Å². The molecular formula is C32H55N11O11. The van der Waals surface area contributed by atoms with Gasteiger partial charge in [0.05, 0.1) is 24.7 Å². The van der Waals surface area contributed by atoms with Crippen molar-refractivity contribution in [1.82, 2.24) is 37.2 Å². The predicted molar refractivity (Wildman–Crippen MR) is 190 cm³/mol. The summed E-state index contributed by atoms with van der Waals surface area (Å²) in [6.45, 7) is 5.15. The molecule has 0 fully saturated rings. The monoisotopic (exact) mass is 769 g/mol. The molecule has 0 aromatic rings. The summed E-state index contributed by atoms with van der Waals surface area (Å²) in [5.74, 6) is -8.86. The van der Waals surface area contributed by atoms with Crippen molar-refractivity contribution in [2.75, 3.05) is 6.54 Å². The van der Waals surface area contributed by atoms with Gasteiger partial charge in [-0.15, -0.1) is 0 Å². The number of primary amides is 2. The fourth-order valence-electron chi connectivity index (χ4n) is 4.89. The third-order valence-electron chi connectivity index (χ3n) is 8.18. The molecule has 9 amide bonds. The van der Waals surface area contributed by atoms with E-state index in [9.17, 15) is 53.4 Å². The number of rotatable bonds is 13. The van der Waals surface area contributed by atoms with Crippen LogP contribution in [0, 0.1) is 0 Å². The number of carbonyl (C=O) groups excluding carboxylic acids is 9. The number of amides is 9. The quantitative estimate of drug-likeness (QED) is 0.0613. The number of hydrogen-bond donors (Lipinski definition) is 13. The maximum absolute atomic E-state index is 13.6. The Morgan fingerprint density at radius 3 is 1.89 bits per heavy atom. The predicted octanol–water partition coefficient (Wildman–Crippen LogP) is -6.65. The second-order valence-corrected chi connectivity index (χ2v) is 13.0. The zero-order valence-corrected chi connectivity index (χ0v) is 30.8. The molecule has 0 unspecified atom stereocenters. The summed E-state index contributed by atoms with van der Waals surface area (Å²) in [6.07, 6.45) is -0.533. The van der Waals surface area contributed by atoms with E-state index in [1.807, 2.05) is 0 Å². The van der Waals surface area contributed by atoms with E-state index in [-0.39, 0.29) is 19.3 Å². The van der Waals surface area contributed by atoms with Crippen LogP contribution >= 0.6 is 0 Å². The van der Waals surface area contributed by atoms with Gasteiger partial charge in [0.1, 0.15) is 42.3 Å². The lowest BCUT2D eigenvalue weighted by Gasteiger charge is -2.28. The Labute approximate surface area is 312 Å². The molecule has 1 rings (SSSR count). The smallest absolute Gasteiger partial charge is 0.245 e. The van der Waals surface area contributed by atoms with Crippen LogP contribution in [-0.4, -0.2) is 130 Å². The van der Waals surface area contributed by atoms with E-state index in [0.717, 1.165) is 6.92 Å². The molecule has 0 radical (unpaired) electrons. The van der Waals surface area contributed by atoms with Crippen LogP contribution in [0.1, 0.15) is 66.2 Å². The lowest BCUT2D eigenvalue weighted by atomic mass is 10.0. The van der Waals surface area contributed by atoms with Crippen LogP contribution in [0.3, 0.4) is 0 Å². The molecule has 54 heavy (non-hydrogen) atoms. The average Bonchev–Trinajstić information content (AvgIpc) is 3.08. The highest BCUT2D eigenvalue weighted by atomic mass is 16.3. The average molecular weight is 770 g/mol. The van der Waals surface area contributed by atoms with E-state index in [1.54, 1.807) is 0 Å². The van der Waals surface area contributed by atoms with E-state index in [2.05, 4.69) is 37.2 Å². The molecule has 1 aliphatic rings. The first-order valence-corrected chi connectivity index (χ1v) is 17.4. The van der Waals surface area contributed by atoms with Crippen molar-refractivity contribution in [3.8, 4) is 0 Å². The van der Waals surface area contributed by atoms with Gasteiger partial charge in [-0.05, 0) is 59.9 Å². The second kappa shape index (κ2) is 22.8. The first-order valence-electron chi connectivity index (χ1n) is 17.4. The van der Waals surface area contributed by atoms with Crippen molar-refractivity contribution in [1.29, 1.82) is 0 Å². The van der Waals surface area contributed by atoms with Gasteiger partial charge in [0.25, 0.3) is 0 Å². The Bertz CT molecular complexity index is 1410. The molecule has 0 saturated heterocycles. The third kappa shape index (κ3) is 15.8. The van der Waals surface area contributed by atoms with Gasteiger partial charge in [-0.3, -0.25) is 43.2 Å². The Hall–Kier alpha value is -5.19. The van der Waals surface area contributed by atoms with Gasteiger partial charge in [-0.25, -0.2) is 0 Å². The van der Waals surface area contributed by atoms with Crippen molar-refractivity contribution >= 4 is 53.2 Å². The van der Waals surface area contributed by atoms with Crippen LogP contribution in [0.25, 0.3) is 0 Å². The molecule has 22 nitrogen and oxygen atoms in total. The van der Waals surface area contributed by atoms with Crippen molar-refractivity contribution < 1.29 is 53.4 Å². The second-order valence-electron chi connectivity index (χ2n) is 13.0. The minimum atomic E-state index is -1.76. The van der Waals surface area contributed by atoms with Gasteiger partial charge in [0, 0.05) is 0 Å². The van der Waals surface area contributed by atoms with Crippen LogP contribution in [0.4, 0.5) is 0 Å². The first kappa shape index (κ1) is 46.8. The van der Waals surface area contributed by atoms with Gasteiger partial charge in [-0.1, -0.05) is 18.6 Å². The third-order valence-corrected chi connectivity index (χ3v) is 8.18. The van der Waals surface area contributed by atoms with Crippen molar-refractivity contribution in [3.05, 3.63) is 12.2 Å². The molecule has 0 saturated carbocycles. The molecule has 17 N–H and O–H groups in total. The fraction of sp³-hybridized carbons (Fsp3) is 0.656. The highest BCUT2D eigenvalue weighted by Gasteiger charge is 2.35. The van der Waals surface area contributed by atoms with E-state index < -0.39 is 120 Å². The van der Waals surface area contributed by atoms with Gasteiger partial charge in [-0.2, -0.15) is 0 Å². The molecule has 0 aliphatic carbocycles. The van der Waals surface area contributed by atoms with Gasteiger partial charge in [0.15, 0.2) is 0 Å². The number of aliphatic hydroxyl groups is 2. The molecule has 0 bridgehead atoms. The summed E-state index contributed by atoms with van der Waals surface area (Å²) >= 11 is 0. The highest BCUT2D eigenvalue weighted by molar-refractivity contribution is 5.99. The number of nitrogens with two attached hydrogens (primary N) is 4. The summed E-state index contributed by atoms with van der Waals surface area (Å²) in [7, 11) is 0. The van der Waals surface area contributed by atoms with E-state index >= 15 is 0 Å². The van der Waals surface area contributed by atoms with E-state index in [1.165, 1.54) is 32.9 Å². The number of nitrogens with one attached hydrogen (secondary N) is 7. The summed E-state index contributed by atoms with van der Waals surface area (Å²) < 4.78 is 0. The minimum Gasteiger partial charge on any atom is -0.391 e. The molecule has 10 atom stereocenters. The Kier molecular flexibility index (Phi) is 19.8. The van der Waals surface area contributed by atoms with Gasteiger partial charge in [0.2, 0.25) is 53.2 Å². The molecule has 0 spiro atoms. The zero-order chi connectivity index (χ0) is 41.3. The van der Waals surface area contributed by atoms with Crippen molar-refractivity contribution in [3.63, 3.8) is 0 Å². The largest absolute Gasteiger partial charge is 0.391 e. The van der Waals surface area contributed by atoms with Gasteiger partial charge < -0.3 is 70.4 Å². The molecule has 1 heterocycles. The first-order chi connectivity index (χ1) is 25.2. The maximum atomic E-state index is 13.6. The molecule has 22 heteroatoms.